The quantitative estimate of drug-likeness (QED) is 0.911. The molecule has 0 atom stereocenters. The second kappa shape index (κ2) is 4.14. The number of hydrogen-bond donors (Lipinski definition) is 1. The fraction of sp³-hybridized carbons (Fsp3) is 0.0833. The van der Waals surface area contributed by atoms with E-state index in [4.69, 9.17) is 10.3 Å². The van der Waals surface area contributed by atoms with Crippen molar-refractivity contribution in [1.29, 1.82) is 0 Å². The van der Waals surface area contributed by atoms with Gasteiger partial charge in [-0.05, 0) is 30.7 Å². The van der Waals surface area contributed by atoms with E-state index < -0.39 is 0 Å². The van der Waals surface area contributed by atoms with E-state index in [9.17, 15) is 0 Å². The van der Waals surface area contributed by atoms with Crippen molar-refractivity contribution in [3.63, 3.8) is 0 Å². The Morgan fingerprint density at radius 2 is 2.12 bits per heavy atom. The smallest absolute Gasteiger partial charge is 0.222 e. The number of nitrogens with zero attached hydrogens (tertiary/aromatic N) is 1. The number of aromatic nitrogens is 1. The molecule has 2 aromatic rings. The minimum atomic E-state index is 0.312. The highest BCUT2D eigenvalue weighted by molar-refractivity contribution is 9.10. The fourth-order valence-corrected chi connectivity index (χ4v) is 1.90. The van der Waals surface area contributed by atoms with E-state index in [0.29, 0.717) is 5.88 Å². The van der Waals surface area contributed by atoms with Crippen molar-refractivity contribution in [2.24, 2.45) is 0 Å². The molecule has 0 bridgehead atoms. The Kier molecular flexibility index (Phi) is 2.83. The third-order valence-corrected chi connectivity index (χ3v) is 2.67. The van der Waals surface area contributed by atoms with E-state index in [1.165, 1.54) is 0 Å². The lowest BCUT2D eigenvalue weighted by Crippen LogP contribution is -1.83. The zero-order chi connectivity index (χ0) is 11.7. The third-order valence-electron chi connectivity index (χ3n) is 2.21. The molecule has 1 heterocycles. The van der Waals surface area contributed by atoms with Gasteiger partial charge in [0.2, 0.25) is 5.88 Å². The molecule has 0 aliphatic rings. The first-order chi connectivity index (χ1) is 7.56. The number of nitrogens with two attached hydrogens (primary N) is 1. The summed E-state index contributed by atoms with van der Waals surface area (Å²) in [5, 5.41) is 3.88. The normalized spacial score (nSPS) is 10.4. The van der Waals surface area contributed by atoms with Crippen molar-refractivity contribution >= 4 is 27.4 Å². The zero-order valence-electron chi connectivity index (χ0n) is 8.83. The molecule has 1 aromatic heterocycles. The van der Waals surface area contributed by atoms with Crippen LogP contribution in [0.5, 0.6) is 0 Å². The average Bonchev–Trinajstić information content (AvgIpc) is 2.64. The Balaban J connectivity index is 2.53. The minimum absolute atomic E-state index is 0.312. The van der Waals surface area contributed by atoms with Gasteiger partial charge in [-0.25, -0.2) is 0 Å². The summed E-state index contributed by atoms with van der Waals surface area (Å²) in [6, 6.07) is 7.67. The zero-order valence-corrected chi connectivity index (χ0v) is 10.4. The highest BCUT2D eigenvalue weighted by Gasteiger charge is 2.07. The van der Waals surface area contributed by atoms with Crippen LogP contribution in [-0.2, 0) is 0 Å². The molecular weight excluding hydrogens is 268 g/mol. The van der Waals surface area contributed by atoms with Crippen LogP contribution < -0.4 is 5.73 Å². The summed E-state index contributed by atoms with van der Waals surface area (Å²) >= 11 is 3.45. The van der Waals surface area contributed by atoms with Crippen molar-refractivity contribution < 1.29 is 4.52 Å². The van der Waals surface area contributed by atoms with E-state index in [2.05, 4.69) is 27.7 Å². The fourth-order valence-electron chi connectivity index (χ4n) is 1.41. The molecule has 3 nitrogen and oxygen atoms in total. The second-order valence-corrected chi connectivity index (χ2v) is 4.54. The third kappa shape index (κ3) is 2.17. The summed E-state index contributed by atoms with van der Waals surface area (Å²) in [4.78, 5) is 0. The molecule has 0 unspecified atom stereocenters. The monoisotopic (exact) mass is 278 g/mol. The van der Waals surface area contributed by atoms with Gasteiger partial charge in [-0.15, -0.1) is 0 Å². The number of nitrogen functional groups attached to an aromatic ring is 1. The maximum Gasteiger partial charge on any atom is 0.222 e. The van der Waals surface area contributed by atoms with Crippen LogP contribution in [0, 0.1) is 0 Å². The van der Waals surface area contributed by atoms with Crippen LogP contribution in [0.4, 0.5) is 5.88 Å². The number of allylic oxidation sites excluding steroid dienone is 1. The summed E-state index contributed by atoms with van der Waals surface area (Å²) in [7, 11) is 0. The first-order valence-corrected chi connectivity index (χ1v) is 5.54. The molecule has 0 saturated heterocycles. The van der Waals surface area contributed by atoms with Crippen molar-refractivity contribution in [3.05, 3.63) is 40.9 Å². The van der Waals surface area contributed by atoms with Gasteiger partial charge in [0.25, 0.3) is 0 Å². The lowest BCUT2D eigenvalue weighted by Gasteiger charge is -2.03. The van der Waals surface area contributed by atoms with Crippen LogP contribution in [0.25, 0.3) is 16.8 Å². The van der Waals surface area contributed by atoms with Gasteiger partial charge in [0.15, 0.2) is 0 Å². The van der Waals surface area contributed by atoms with Crippen molar-refractivity contribution in [2.45, 2.75) is 6.92 Å². The van der Waals surface area contributed by atoms with Crippen LogP contribution in [0.15, 0.2) is 39.8 Å². The van der Waals surface area contributed by atoms with E-state index >= 15 is 0 Å². The summed E-state index contributed by atoms with van der Waals surface area (Å²) in [5.74, 6) is 0.312. The molecular formula is C12H11BrN2O. The van der Waals surface area contributed by atoms with E-state index in [0.717, 1.165) is 26.9 Å². The number of hydrogen-bond acceptors (Lipinski definition) is 3. The molecule has 0 spiro atoms. The Bertz CT molecular complexity index is 546. The van der Waals surface area contributed by atoms with Crippen molar-refractivity contribution in [1.82, 2.24) is 5.16 Å². The van der Waals surface area contributed by atoms with E-state index in [-0.39, 0.29) is 0 Å². The summed E-state index contributed by atoms with van der Waals surface area (Å²) in [6.45, 7) is 5.88. The maximum atomic E-state index is 5.49. The van der Waals surface area contributed by atoms with E-state index in [1.807, 2.05) is 25.1 Å². The highest BCUT2D eigenvalue weighted by Crippen LogP contribution is 2.27. The molecule has 0 aliphatic carbocycles. The predicted octanol–water partition coefficient (Wildman–Crippen LogP) is 3.72. The van der Waals surface area contributed by atoms with Gasteiger partial charge in [-0.1, -0.05) is 33.2 Å². The molecule has 2 N–H and O–H groups in total. The van der Waals surface area contributed by atoms with Crippen LogP contribution in [0.1, 0.15) is 12.5 Å². The van der Waals surface area contributed by atoms with Crippen LogP contribution in [0.3, 0.4) is 0 Å². The summed E-state index contributed by atoms with van der Waals surface area (Å²) < 4.78 is 5.83. The number of halogens is 1. The van der Waals surface area contributed by atoms with Crippen molar-refractivity contribution in [3.8, 4) is 11.3 Å². The lowest BCUT2D eigenvalue weighted by atomic mass is 10.0. The lowest BCUT2D eigenvalue weighted by molar-refractivity contribution is 0.439. The van der Waals surface area contributed by atoms with Crippen LogP contribution in [-0.4, -0.2) is 5.16 Å². The molecule has 2 rings (SSSR count). The van der Waals surface area contributed by atoms with Gasteiger partial charge in [0.05, 0.1) is 0 Å². The van der Waals surface area contributed by atoms with Gasteiger partial charge in [0, 0.05) is 16.1 Å². The average molecular weight is 279 g/mol. The molecule has 0 saturated carbocycles. The molecule has 0 amide bonds. The molecule has 82 valence electrons. The number of rotatable bonds is 2. The van der Waals surface area contributed by atoms with Gasteiger partial charge < -0.3 is 10.3 Å². The predicted molar refractivity (Wildman–Crippen MR) is 68.8 cm³/mol. The molecule has 0 fully saturated rings. The van der Waals surface area contributed by atoms with Crippen LogP contribution in [0.2, 0.25) is 0 Å². The summed E-state index contributed by atoms with van der Waals surface area (Å²) in [6.07, 6.45) is 0. The summed E-state index contributed by atoms with van der Waals surface area (Å²) in [5.41, 5.74) is 9.23. The Hall–Kier alpha value is -1.55. The minimum Gasteiger partial charge on any atom is -0.368 e. The first-order valence-electron chi connectivity index (χ1n) is 4.75. The molecule has 0 aliphatic heterocycles. The van der Waals surface area contributed by atoms with Gasteiger partial charge in [0.1, 0.15) is 5.69 Å². The SMILES string of the molecule is C=C(C)c1cc(Br)cc(-c2cc(N)on2)c1. The second-order valence-electron chi connectivity index (χ2n) is 3.62. The largest absolute Gasteiger partial charge is 0.368 e. The number of anilines is 1. The Morgan fingerprint density at radius 1 is 1.38 bits per heavy atom. The van der Waals surface area contributed by atoms with Gasteiger partial charge >= 0.3 is 0 Å². The molecule has 4 heteroatoms. The Labute approximate surface area is 102 Å². The van der Waals surface area contributed by atoms with Crippen molar-refractivity contribution in [2.75, 3.05) is 5.73 Å². The first kappa shape index (κ1) is 11.0. The standard InChI is InChI=1S/C12H11BrN2O/c1-7(2)8-3-9(5-10(13)4-8)11-6-12(14)16-15-11/h3-6H,1,14H2,2H3. The van der Waals surface area contributed by atoms with E-state index in [1.54, 1.807) is 6.07 Å². The highest BCUT2D eigenvalue weighted by atomic mass is 79.9. The molecule has 0 radical (unpaired) electrons. The van der Waals surface area contributed by atoms with Gasteiger partial charge in [-0.2, -0.15) is 0 Å². The molecule has 16 heavy (non-hydrogen) atoms. The topological polar surface area (TPSA) is 52.0 Å². The molecule has 1 aromatic carbocycles. The Morgan fingerprint density at radius 3 is 2.69 bits per heavy atom. The number of benzene rings is 1. The maximum absolute atomic E-state index is 5.49. The van der Waals surface area contributed by atoms with Gasteiger partial charge in [-0.3, -0.25) is 0 Å². The van der Waals surface area contributed by atoms with Crippen LogP contribution >= 0.6 is 15.9 Å².